The van der Waals surface area contributed by atoms with Gasteiger partial charge in [0, 0.05) is 13.0 Å². The molecule has 1 amide bonds. The van der Waals surface area contributed by atoms with E-state index in [1.54, 1.807) is 42.6 Å². The Hall–Kier alpha value is -3.55. The molecule has 3 aromatic rings. The van der Waals surface area contributed by atoms with E-state index in [1.165, 1.54) is 27.9 Å². The third-order valence-corrected chi connectivity index (χ3v) is 4.32. The predicted octanol–water partition coefficient (Wildman–Crippen LogP) is 2.37. The second-order valence-corrected chi connectivity index (χ2v) is 6.02. The summed E-state index contributed by atoms with van der Waals surface area (Å²) in [4.78, 5) is 26.3. The van der Waals surface area contributed by atoms with Gasteiger partial charge in [0.2, 0.25) is 0 Å². The van der Waals surface area contributed by atoms with E-state index in [4.69, 9.17) is 4.74 Å². The van der Waals surface area contributed by atoms with Crippen molar-refractivity contribution in [1.29, 1.82) is 0 Å². The third-order valence-electron chi connectivity index (χ3n) is 4.32. The molecule has 0 spiro atoms. The van der Waals surface area contributed by atoms with Crippen LogP contribution in [0.2, 0.25) is 0 Å². The first-order valence-electron chi connectivity index (χ1n) is 8.37. The summed E-state index contributed by atoms with van der Waals surface area (Å²) in [7, 11) is 0. The molecule has 0 bridgehead atoms. The van der Waals surface area contributed by atoms with Gasteiger partial charge >= 0.3 is 5.97 Å². The summed E-state index contributed by atoms with van der Waals surface area (Å²) in [6.07, 6.45) is 2.55. The van der Waals surface area contributed by atoms with Gasteiger partial charge in [-0.3, -0.25) is 4.79 Å². The van der Waals surface area contributed by atoms with E-state index in [2.05, 4.69) is 10.3 Å². The summed E-state index contributed by atoms with van der Waals surface area (Å²) in [6, 6.07) is 12.7. The van der Waals surface area contributed by atoms with Crippen LogP contribution in [0.3, 0.4) is 0 Å². The van der Waals surface area contributed by atoms with E-state index < -0.39 is 23.8 Å². The number of rotatable bonds is 4. The van der Waals surface area contributed by atoms with Crippen LogP contribution in [-0.2, 0) is 9.53 Å². The molecule has 136 valence electrons. The summed E-state index contributed by atoms with van der Waals surface area (Å²) in [5.41, 5.74) is 1.13. The zero-order chi connectivity index (χ0) is 18.8. The summed E-state index contributed by atoms with van der Waals surface area (Å²) in [5, 5.41) is 7.60. The first kappa shape index (κ1) is 16.9. The van der Waals surface area contributed by atoms with Crippen LogP contribution in [0.5, 0.6) is 0 Å². The van der Waals surface area contributed by atoms with Crippen molar-refractivity contribution in [3.63, 3.8) is 0 Å². The lowest BCUT2D eigenvalue weighted by Gasteiger charge is -2.17. The predicted molar refractivity (Wildman–Crippen MR) is 93.9 cm³/mol. The summed E-state index contributed by atoms with van der Waals surface area (Å²) in [6.45, 7) is 0.288. The Labute approximate surface area is 154 Å². The van der Waals surface area contributed by atoms with E-state index in [0.717, 1.165) is 0 Å². The molecule has 1 saturated heterocycles. The standard InChI is InChI=1S/C19H15FN4O3/c20-15-6-1-2-7-16(15)23-10-8-17(18(23)25)27-19(26)13-4-3-5-14(12-13)24-11-9-21-22-24/h1-7,9,11-12,17H,8,10H2. The fourth-order valence-corrected chi connectivity index (χ4v) is 2.99. The van der Waals surface area contributed by atoms with Crippen LogP contribution >= 0.6 is 0 Å². The number of nitrogens with zero attached hydrogens (tertiary/aromatic N) is 4. The highest BCUT2D eigenvalue weighted by atomic mass is 19.1. The van der Waals surface area contributed by atoms with Gasteiger partial charge in [0.1, 0.15) is 5.82 Å². The molecular weight excluding hydrogens is 351 g/mol. The SMILES string of the molecule is O=C(OC1CCN(c2ccccc2F)C1=O)c1cccc(-n2ccnn2)c1. The van der Waals surface area contributed by atoms with Gasteiger partial charge in [-0.2, -0.15) is 0 Å². The smallest absolute Gasteiger partial charge is 0.338 e. The van der Waals surface area contributed by atoms with E-state index in [1.807, 2.05) is 0 Å². The molecule has 2 aromatic carbocycles. The Kier molecular flexibility index (Phi) is 4.37. The molecule has 0 N–H and O–H groups in total. The summed E-state index contributed by atoms with van der Waals surface area (Å²) >= 11 is 0. The number of anilines is 1. The van der Waals surface area contributed by atoms with Gasteiger partial charge in [0.25, 0.3) is 5.91 Å². The number of aromatic nitrogens is 3. The normalized spacial score (nSPS) is 16.6. The van der Waals surface area contributed by atoms with E-state index in [0.29, 0.717) is 17.7 Å². The van der Waals surface area contributed by atoms with Crippen LogP contribution in [-0.4, -0.2) is 39.5 Å². The number of para-hydroxylation sites is 1. The van der Waals surface area contributed by atoms with Crippen LogP contribution in [0.15, 0.2) is 60.9 Å². The maximum absolute atomic E-state index is 13.9. The van der Waals surface area contributed by atoms with Crippen molar-refractivity contribution in [3.05, 3.63) is 72.3 Å². The fraction of sp³-hybridized carbons (Fsp3) is 0.158. The summed E-state index contributed by atoms with van der Waals surface area (Å²) in [5.74, 6) is -1.54. The number of hydrogen-bond donors (Lipinski definition) is 0. The molecule has 0 aliphatic carbocycles. The molecule has 2 heterocycles. The van der Waals surface area contributed by atoms with Gasteiger partial charge in [-0.1, -0.05) is 23.4 Å². The Morgan fingerprint density at radius 1 is 1.19 bits per heavy atom. The zero-order valence-electron chi connectivity index (χ0n) is 14.2. The number of ether oxygens (including phenoxy) is 1. The highest BCUT2D eigenvalue weighted by Gasteiger charge is 2.36. The van der Waals surface area contributed by atoms with Crippen molar-refractivity contribution >= 4 is 17.6 Å². The first-order valence-corrected chi connectivity index (χ1v) is 8.37. The van der Waals surface area contributed by atoms with E-state index >= 15 is 0 Å². The molecule has 7 nitrogen and oxygen atoms in total. The van der Waals surface area contributed by atoms with Gasteiger partial charge in [-0.15, -0.1) is 5.10 Å². The molecule has 0 radical (unpaired) electrons. The molecule has 1 fully saturated rings. The Morgan fingerprint density at radius 2 is 2.04 bits per heavy atom. The monoisotopic (exact) mass is 366 g/mol. The van der Waals surface area contributed by atoms with Crippen LogP contribution in [0.1, 0.15) is 16.8 Å². The zero-order valence-corrected chi connectivity index (χ0v) is 14.2. The highest BCUT2D eigenvalue weighted by Crippen LogP contribution is 2.26. The van der Waals surface area contributed by atoms with Crippen molar-refractivity contribution in [3.8, 4) is 5.69 Å². The fourth-order valence-electron chi connectivity index (χ4n) is 2.99. The maximum Gasteiger partial charge on any atom is 0.338 e. The molecule has 1 unspecified atom stereocenters. The largest absolute Gasteiger partial charge is 0.449 e. The number of carbonyl (C=O) groups excluding carboxylic acids is 2. The Bertz CT molecular complexity index is 990. The molecule has 27 heavy (non-hydrogen) atoms. The number of benzene rings is 2. The molecule has 0 saturated carbocycles. The van der Waals surface area contributed by atoms with Crippen molar-refractivity contribution in [2.24, 2.45) is 0 Å². The second-order valence-electron chi connectivity index (χ2n) is 6.02. The Morgan fingerprint density at radius 3 is 2.81 bits per heavy atom. The van der Waals surface area contributed by atoms with Crippen molar-refractivity contribution in [1.82, 2.24) is 15.0 Å². The van der Waals surface area contributed by atoms with Crippen LogP contribution < -0.4 is 4.90 Å². The molecule has 1 aliphatic heterocycles. The van der Waals surface area contributed by atoms with Crippen LogP contribution in [0.4, 0.5) is 10.1 Å². The average molecular weight is 366 g/mol. The quantitative estimate of drug-likeness (QED) is 0.663. The van der Waals surface area contributed by atoms with Gasteiger partial charge in [-0.05, 0) is 30.3 Å². The number of carbonyl (C=O) groups is 2. The lowest BCUT2D eigenvalue weighted by atomic mass is 10.2. The molecule has 8 heteroatoms. The molecule has 1 aromatic heterocycles. The molecule has 1 aliphatic rings. The van der Waals surface area contributed by atoms with Crippen molar-refractivity contribution in [2.45, 2.75) is 12.5 Å². The topological polar surface area (TPSA) is 77.3 Å². The van der Waals surface area contributed by atoms with Gasteiger partial charge < -0.3 is 9.64 Å². The minimum atomic E-state index is -0.938. The lowest BCUT2D eigenvalue weighted by Crippen LogP contribution is -2.32. The highest BCUT2D eigenvalue weighted by molar-refractivity contribution is 6.01. The van der Waals surface area contributed by atoms with Crippen LogP contribution in [0.25, 0.3) is 5.69 Å². The minimum Gasteiger partial charge on any atom is -0.449 e. The third kappa shape index (κ3) is 3.29. The van der Waals surface area contributed by atoms with Gasteiger partial charge in [0.05, 0.1) is 29.3 Å². The molecule has 4 rings (SSSR count). The Balaban J connectivity index is 1.49. The van der Waals surface area contributed by atoms with Crippen molar-refractivity contribution < 1.29 is 18.7 Å². The van der Waals surface area contributed by atoms with E-state index in [-0.39, 0.29) is 12.2 Å². The van der Waals surface area contributed by atoms with E-state index in [9.17, 15) is 14.0 Å². The molecular formula is C19H15FN4O3. The maximum atomic E-state index is 13.9. The average Bonchev–Trinajstić information content (AvgIpc) is 3.34. The summed E-state index contributed by atoms with van der Waals surface area (Å²) < 4.78 is 20.8. The number of esters is 1. The second kappa shape index (κ2) is 6.99. The lowest BCUT2D eigenvalue weighted by molar-refractivity contribution is -0.124. The van der Waals surface area contributed by atoms with Crippen LogP contribution in [0, 0.1) is 5.82 Å². The number of halogens is 1. The van der Waals surface area contributed by atoms with Crippen molar-refractivity contribution in [2.75, 3.05) is 11.4 Å². The minimum absolute atomic E-state index is 0.189. The number of amides is 1. The number of hydrogen-bond acceptors (Lipinski definition) is 5. The van der Waals surface area contributed by atoms with Gasteiger partial charge in [-0.25, -0.2) is 13.9 Å². The first-order chi connectivity index (χ1) is 13.1. The van der Waals surface area contributed by atoms with Gasteiger partial charge in [0.15, 0.2) is 6.10 Å². The molecule has 1 atom stereocenters.